The summed E-state index contributed by atoms with van der Waals surface area (Å²) in [7, 11) is 0. The number of fused-ring (bicyclic) bond motifs is 5. The molecule has 5 rings (SSSR count). The summed E-state index contributed by atoms with van der Waals surface area (Å²) in [5.74, 6) is -3.47. The zero-order valence-electron chi connectivity index (χ0n) is 18.8. The van der Waals surface area contributed by atoms with E-state index in [1.54, 1.807) is 0 Å². The Balaban J connectivity index is 1.48. The lowest BCUT2D eigenvalue weighted by Gasteiger charge is -2.30. The molecule has 3 fully saturated rings. The SMILES string of the molecule is O=C(CN(C(=O)c1ccc([N+](=O)[O-])cc1)N1C(=O)[C@@H]2[C@H]3CC[C@@H](C3)[C@H]2C1=O)c1ccc([N+](=O)[O-])cc1. The number of benzene rings is 2. The second-order valence-corrected chi connectivity index (χ2v) is 9.27. The minimum Gasteiger partial charge on any atom is -0.292 e. The fourth-order valence-electron chi connectivity index (χ4n) is 5.74. The average molecular weight is 492 g/mol. The smallest absolute Gasteiger partial charge is 0.273 e. The van der Waals surface area contributed by atoms with E-state index in [9.17, 15) is 39.4 Å². The highest BCUT2D eigenvalue weighted by Gasteiger charge is 2.62. The standard InChI is InChI=1S/C24H20N4O8/c29-19(13-3-7-17(8-4-13)27(33)34)12-25(22(30)14-5-9-18(10-6-14)28(35)36)26-23(31)20-15-1-2-16(11-15)21(20)24(26)32/h3-10,15-16,20-21H,1-2,11-12H2/t15-,16-,20+,21+/m0/s1. The van der Waals surface area contributed by atoms with Gasteiger partial charge in [0.05, 0.1) is 21.7 Å². The number of nitrogens with zero attached hydrogens (tertiary/aromatic N) is 4. The number of carbonyl (C=O) groups is 4. The zero-order valence-corrected chi connectivity index (χ0v) is 18.8. The first kappa shape index (κ1) is 23.3. The number of nitro benzene ring substituents is 2. The predicted octanol–water partition coefficient (Wildman–Crippen LogP) is 2.77. The minimum atomic E-state index is -0.839. The van der Waals surface area contributed by atoms with Gasteiger partial charge < -0.3 is 0 Å². The first-order chi connectivity index (χ1) is 17.2. The number of amides is 3. The molecular formula is C24H20N4O8. The largest absolute Gasteiger partial charge is 0.292 e. The molecule has 2 aromatic rings. The van der Waals surface area contributed by atoms with Crippen LogP contribution >= 0.6 is 0 Å². The summed E-state index contributed by atoms with van der Waals surface area (Å²) in [5.41, 5.74) is -0.461. The number of imide groups is 1. The molecule has 12 heteroatoms. The fourth-order valence-corrected chi connectivity index (χ4v) is 5.74. The maximum atomic E-state index is 13.5. The van der Waals surface area contributed by atoms with Crippen molar-refractivity contribution in [3.05, 3.63) is 79.9 Å². The zero-order chi connectivity index (χ0) is 25.7. The Bertz CT molecular complexity index is 1280. The minimum absolute atomic E-state index is 0.0438. The van der Waals surface area contributed by atoms with Gasteiger partial charge in [0.1, 0.15) is 6.54 Å². The molecule has 12 nitrogen and oxygen atoms in total. The summed E-state index contributed by atoms with van der Waals surface area (Å²) >= 11 is 0. The van der Waals surface area contributed by atoms with E-state index >= 15 is 0 Å². The van der Waals surface area contributed by atoms with Gasteiger partial charge >= 0.3 is 0 Å². The van der Waals surface area contributed by atoms with Crippen molar-refractivity contribution >= 4 is 34.9 Å². The van der Waals surface area contributed by atoms with Crippen LogP contribution in [0.4, 0.5) is 11.4 Å². The van der Waals surface area contributed by atoms with Crippen molar-refractivity contribution in [2.75, 3.05) is 6.54 Å². The molecule has 4 atom stereocenters. The number of hydrogen-bond donors (Lipinski definition) is 0. The number of hydrogen-bond acceptors (Lipinski definition) is 8. The molecule has 2 aliphatic carbocycles. The summed E-state index contributed by atoms with van der Waals surface area (Å²) < 4.78 is 0. The molecule has 1 heterocycles. The number of nitro groups is 2. The van der Waals surface area contributed by atoms with Crippen LogP contribution in [0, 0.1) is 43.9 Å². The molecule has 3 amide bonds. The van der Waals surface area contributed by atoms with Gasteiger partial charge in [0.25, 0.3) is 29.1 Å². The molecule has 0 unspecified atom stereocenters. The molecule has 1 saturated heterocycles. The monoisotopic (exact) mass is 492 g/mol. The van der Waals surface area contributed by atoms with Crippen molar-refractivity contribution in [1.82, 2.24) is 10.0 Å². The molecular weight excluding hydrogens is 472 g/mol. The third-order valence-corrected chi connectivity index (χ3v) is 7.40. The molecule has 0 aromatic heterocycles. The van der Waals surface area contributed by atoms with Crippen LogP contribution in [0.1, 0.15) is 40.0 Å². The van der Waals surface area contributed by atoms with Crippen molar-refractivity contribution in [3.63, 3.8) is 0 Å². The van der Waals surface area contributed by atoms with Crippen LogP contribution in [0.25, 0.3) is 0 Å². The summed E-state index contributed by atoms with van der Waals surface area (Å²) in [4.78, 5) is 74.0. The molecule has 1 aliphatic heterocycles. The van der Waals surface area contributed by atoms with Crippen molar-refractivity contribution in [2.24, 2.45) is 23.7 Å². The number of carbonyl (C=O) groups excluding carboxylic acids is 4. The molecule has 184 valence electrons. The van der Waals surface area contributed by atoms with Crippen LogP contribution in [-0.2, 0) is 9.59 Å². The third kappa shape index (κ3) is 3.70. The average Bonchev–Trinajstić information content (AvgIpc) is 3.56. The van der Waals surface area contributed by atoms with Gasteiger partial charge in [-0.05, 0) is 55.4 Å². The first-order valence-electron chi connectivity index (χ1n) is 11.4. The lowest BCUT2D eigenvalue weighted by molar-refractivity contribution is -0.385. The third-order valence-electron chi connectivity index (χ3n) is 7.40. The van der Waals surface area contributed by atoms with Gasteiger partial charge in [-0.15, -0.1) is 0 Å². The van der Waals surface area contributed by atoms with E-state index in [1.165, 1.54) is 24.3 Å². The summed E-state index contributed by atoms with van der Waals surface area (Å²) in [6.07, 6.45) is 2.45. The van der Waals surface area contributed by atoms with Crippen LogP contribution in [0.15, 0.2) is 48.5 Å². The topological polar surface area (TPSA) is 161 Å². The number of rotatable bonds is 7. The molecule has 2 saturated carbocycles. The second-order valence-electron chi connectivity index (χ2n) is 9.27. The van der Waals surface area contributed by atoms with Gasteiger partial charge in [0.15, 0.2) is 5.78 Å². The highest BCUT2D eigenvalue weighted by Crippen LogP contribution is 2.56. The van der Waals surface area contributed by atoms with Crippen molar-refractivity contribution in [1.29, 1.82) is 0 Å². The summed E-state index contributed by atoms with van der Waals surface area (Å²) in [6, 6.07) is 9.38. The molecule has 0 radical (unpaired) electrons. The highest BCUT2D eigenvalue weighted by atomic mass is 16.6. The van der Waals surface area contributed by atoms with Gasteiger partial charge in [-0.2, -0.15) is 5.01 Å². The lowest BCUT2D eigenvalue weighted by atomic mass is 9.81. The maximum absolute atomic E-state index is 13.5. The van der Waals surface area contributed by atoms with Crippen LogP contribution in [0.2, 0.25) is 0 Å². The van der Waals surface area contributed by atoms with Gasteiger partial charge in [-0.3, -0.25) is 39.4 Å². The van der Waals surface area contributed by atoms with E-state index in [0.717, 1.165) is 53.5 Å². The van der Waals surface area contributed by atoms with Crippen molar-refractivity contribution < 1.29 is 29.0 Å². The van der Waals surface area contributed by atoms with Gasteiger partial charge in [-0.25, -0.2) is 5.01 Å². The van der Waals surface area contributed by atoms with Gasteiger partial charge in [0, 0.05) is 35.4 Å². The maximum Gasteiger partial charge on any atom is 0.273 e. The van der Waals surface area contributed by atoms with E-state index in [1.807, 2.05) is 0 Å². The molecule has 0 N–H and O–H groups in total. The fraction of sp³-hybridized carbons (Fsp3) is 0.333. The van der Waals surface area contributed by atoms with E-state index in [2.05, 4.69) is 0 Å². The number of hydrazine groups is 1. The Hall–Kier alpha value is -4.48. The predicted molar refractivity (Wildman–Crippen MR) is 121 cm³/mol. The Morgan fingerprint density at radius 3 is 1.69 bits per heavy atom. The quantitative estimate of drug-likeness (QED) is 0.247. The summed E-state index contributed by atoms with van der Waals surface area (Å²) in [6.45, 7) is -0.667. The normalized spacial score (nSPS) is 24.1. The molecule has 3 aliphatic rings. The Morgan fingerprint density at radius 2 is 1.25 bits per heavy atom. The highest BCUT2D eigenvalue weighted by molar-refractivity contribution is 6.10. The van der Waals surface area contributed by atoms with Crippen molar-refractivity contribution in [2.45, 2.75) is 19.3 Å². The molecule has 36 heavy (non-hydrogen) atoms. The van der Waals surface area contributed by atoms with E-state index in [0.29, 0.717) is 0 Å². The van der Waals surface area contributed by atoms with Crippen LogP contribution in [0.5, 0.6) is 0 Å². The molecule has 2 bridgehead atoms. The molecule has 0 spiro atoms. The Labute approximate surface area is 203 Å². The summed E-state index contributed by atoms with van der Waals surface area (Å²) in [5, 5.41) is 23.5. The Kier molecular flexibility index (Phi) is 5.58. The number of Topliss-reactive ketones (excluding diaryl/α,β-unsaturated/α-hetero) is 1. The van der Waals surface area contributed by atoms with E-state index in [-0.39, 0.29) is 34.3 Å². The van der Waals surface area contributed by atoms with E-state index in [4.69, 9.17) is 0 Å². The molecule has 2 aromatic carbocycles. The van der Waals surface area contributed by atoms with Crippen molar-refractivity contribution in [3.8, 4) is 0 Å². The van der Waals surface area contributed by atoms with Crippen LogP contribution in [-0.4, -0.2) is 49.9 Å². The first-order valence-corrected chi connectivity index (χ1v) is 11.4. The van der Waals surface area contributed by atoms with Gasteiger partial charge in [-0.1, -0.05) is 0 Å². The van der Waals surface area contributed by atoms with Crippen LogP contribution in [0.3, 0.4) is 0 Å². The second kappa shape index (κ2) is 8.63. The van der Waals surface area contributed by atoms with Gasteiger partial charge in [0.2, 0.25) is 0 Å². The Morgan fingerprint density at radius 1 is 0.806 bits per heavy atom. The lowest BCUT2D eigenvalue weighted by Crippen LogP contribution is -2.52. The number of non-ortho nitro benzene ring substituents is 2. The number of ketones is 1. The van der Waals surface area contributed by atoms with E-state index < -0.39 is 51.7 Å². The van der Waals surface area contributed by atoms with Crippen LogP contribution < -0.4 is 0 Å².